The fourth-order valence-electron chi connectivity index (χ4n) is 7.90. The van der Waals surface area contributed by atoms with Gasteiger partial charge < -0.3 is 15.5 Å². The second-order valence-corrected chi connectivity index (χ2v) is 13.8. The molecule has 1 saturated carbocycles. The molecule has 1 aliphatic carbocycles. The number of anilines is 3. The fraction of sp³-hybridized carbons (Fsp3) is 0.444. The lowest BCUT2D eigenvalue weighted by Gasteiger charge is -2.34. The lowest BCUT2D eigenvalue weighted by Crippen LogP contribution is -2.44. The van der Waals surface area contributed by atoms with Gasteiger partial charge in [-0.05, 0) is 88.4 Å². The van der Waals surface area contributed by atoms with Gasteiger partial charge in [-0.1, -0.05) is 30.7 Å². The molecule has 4 aromatic rings. The third kappa shape index (κ3) is 5.75. The first kappa shape index (κ1) is 31.6. The van der Waals surface area contributed by atoms with Crippen LogP contribution in [0.25, 0.3) is 22.2 Å². The van der Waals surface area contributed by atoms with Crippen LogP contribution in [0.1, 0.15) is 62.6 Å². The Balaban J connectivity index is 1.25. The van der Waals surface area contributed by atoms with E-state index in [1.807, 2.05) is 13.8 Å². The number of nitrogens with one attached hydrogen (secondary N) is 2. The largest absolute Gasteiger partial charge is 0.365 e. The van der Waals surface area contributed by atoms with Crippen molar-refractivity contribution in [2.24, 2.45) is 0 Å². The van der Waals surface area contributed by atoms with Crippen molar-refractivity contribution in [3.8, 4) is 11.1 Å². The van der Waals surface area contributed by atoms with E-state index in [1.54, 1.807) is 22.9 Å². The van der Waals surface area contributed by atoms with Crippen molar-refractivity contribution in [1.29, 1.82) is 0 Å². The molecule has 3 aliphatic rings. The van der Waals surface area contributed by atoms with Gasteiger partial charge >= 0.3 is 0 Å². The Bertz CT molecular complexity index is 1920. The Morgan fingerprint density at radius 3 is 2.53 bits per heavy atom. The van der Waals surface area contributed by atoms with Crippen LogP contribution in [0.5, 0.6) is 0 Å². The van der Waals surface area contributed by atoms with Crippen LogP contribution in [0.15, 0.2) is 47.4 Å². The molecule has 7 rings (SSSR count). The van der Waals surface area contributed by atoms with E-state index in [2.05, 4.69) is 57.6 Å². The minimum absolute atomic E-state index is 0.0291. The number of halogens is 2. The Morgan fingerprint density at radius 2 is 1.85 bits per heavy atom. The van der Waals surface area contributed by atoms with E-state index in [1.165, 1.54) is 23.7 Å². The summed E-state index contributed by atoms with van der Waals surface area (Å²) in [6.07, 6.45) is 6.24. The lowest BCUT2D eigenvalue weighted by atomic mass is 9.90. The van der Waals surface area contributed by atoms with Crippen molar-refractivity contribution < 1.29 is 9.18 Å². The summed E-state index contributed by atoms with van der Waals surface area (Å²) in [5.74, 6) is -0.163. The third-order valence-corrected chi connectivity index (χ3v) is 10.8. The van der Waals surface area contributed by atoms with Crippen molar-refractivity contribution in [3.05, 3.63) is 74.9 Å². The molecule has 2 saturated heterocycles. The number of likely N-dealkylation sites (N-methyl/N-ethyl adjacent to an activating group) is 1. The van der Waals surface area contributed by atoms with Crippen LogP contribution in [-0.4, -0.2) is 63.6 Å². The predicted octanol–water partition coefficient (Wildman–Crippen LogP) is 6.51. The number of hydrogen-bond donors (Lipinski definition) is 2. The highest BCUT2D eigenvalue weighted by Crippen LogP contribution is 2.38. The molecule has 11 heteroatoms. The van der Waals surface area contributed by atoms with Crippen LogP contribution >= 0.6 is 11.6 Å². The topological polar surface area (TPSA) is 95.4 Å². The van der Waals surface area contributed by atoms with Gasteiger partial charge in [-0.25, -0.2) is 9.37 Å². The van der Waals surface area contributed by atoms with Crippen LogP contribution < -0.4 is 21.1 Å². The normalized spacial score (nSPS) is 22.6. The van der Waals surface area contributed by atoms with E-state index >= 15 is 0 Å². The van der Waals surface area contributed by atoms with Gasteiger partial charge in [0.15, 0.2) is 0 Å². The molecule has 2 atom stereocenters. The highest BCUT2D eigenvalue weighted by molar-refractivity contribution is 6.33. The number of likely N-dealkylation sites (tertiary alicyclic amines) is 1. The number of aryl methyl sites for hydroxylation is 2. The van der Waals surface area contributed by atoms with E-state index in [-0.39, 0.29) is 28.6 Å². The van der Waals surface area contributed by atoms with Gasteiger partial charge in [-0.2, -0.15) is 4.98 Å². The molecule has 2 bridgehead atoms. The number of hydrogen-bond acceptors (Lipinski definition) is 7. The van der Waals surface area contributed by atoms with Gasteiger partial charge in [0.1, 0.15) is 11.5 Å². The molecule has 1 amide bonds. The van der Waals surface area contributed by atoms with Gasteiger partial charge in [0.05, 0.1) is 10.6 Å². The minimum Gasteiger partial charge on any atom is -0.365 e. The summed E-state index contributed by atoms with van der Waals surface area (Å²) in [5.41, 5.74) is 4.91. The van der Waals surface area contributed by atoms with Gasteiger partial charge in [-0.15, -0.1) is 0 Å². The zero-order valence-corrected chi connectivity index (χ0v) is 28.1. The van der Waals surface area contributed by atoms with Crippen LogP contribution in [0.3, 0.4) is 0 Å². The van der Waals surface area contributed by atoms with Crippen LogP contribution in [0.2, 0.25) is 5.02 Å². The van der Waals surface area contributed by atoms with Gasteiger partial charge in [0.25, 0.3) is 5.56 Å². The van der Waals surface area contributed by atoms with E-state index in [0.29, 0.717) is 65.0 Å². The van der Waals surface area contributed by atoms with Crippen molar-refractivity contribution in [2.45, 2.75) is 83.5 Å². The number of aromatic nitrogens is 3. The smallest absolute Gasteiger partial charge is 0.260 e. The number of pyridine rings is 1. The average Bonchev–Trinajstić information content (AvgIpc) is 3.63. The Morgan fingerprint density at radius 1 is 1.06 bits per heavy atom. The third-order valence-electron chi connectivity index (χ3n) is 10.5. The molecule has 2 aromatic heterocycles. The van der Waals surface area contributed by atoms with Crippen LogP contribution in [-0.2, 0) is 4.79 Å². The first-order valence-corrected chi connectivity index (χ1v) is 17.0. The fourth-order valence-corrected chi connectivity index (χ4v) is 8.12. The van der Waals surface area contributed by atoms with Crippen molar-refractivity contribution >= 4 is 45.9 Å². The summed E-state index contributed by atoms with van der Waals surface area (Å²) in [6, 6.07) is 12.0. The van der Waals surface area contributed by atoms with Gasteiger partial charge in [0.2, 0.25) is 11.9 Å². The molecular formula is C36H41ClFN7O2. The molecule has 246 valence electrons. The highest BCUT2D eigenvalue weighted by atomic mass is 35.5. The summed E-state index contributed by atoms with van der Waals surface area (Å²) in [4.78, 5) is 41.1. The molecule has 0 radical (unpaired) electrons. The summed E-state index contributed by atoms with van der Waals surface area (Å²) in [6.45, 7) is 7.96. The average molecular weight is 658 g/mol. The Kier molecular flexibility index (Phi) is 8.42. The number of piperazine rings is 1. The minimum atomic E-state index is -0.580. The maximum atomic E-state index is 14.6. The van der Waals surface area contributed by atoms with Gasteiger partial charge in [0, 0.05) is 72.2 Å². The maximum absolute atomic E-state index is 14.6. The molecule has 2 aliphatic heterocycles. The molecular weight excluding hydrogens is 617 g/mol. The number of nitrogens with zero attached hydrogens (tertiary/aromatic N) is 5. The summed E-state index contributed by atoms with van der Waals surface area (Å²) < 4.78 is 16.4. The van der Waals surface area contributed by atoms with Crippen molar-refractivity contribution in [2.75, 3.05) is 30.4 Å². The summed E-state index contributed by atoms with van der Waals surface area (Å²) in [5, 5.41) is 7.09. The SMILES string of the molecule is CCC(=O)NC1CCC(n2c(=O)c(-c3cccc(F)c3Cl)c(C)c3cnc(Nc4ccc(N5C[C@@H]6C[C@H]5CN6C)c(C)c4)nc32)CC1. The second kappa shape index (κ2) is 12.5. The molecule has 0 spiro atoms. The zero-order chi connectivity index (χ0) is 33.0. The maximum Gasteiger partial charge on any atom is 0.260 e. The standard InChI is InChI=1S/C36H41ClFN7O2/c1-5-31(46)40-22-9-12-24(13-10-22)45-34-28(21(3)32(35(45)47)27-7-6-8-29(38)33(27)37)17-39-36(42-34)41-23-11-14-30(20(2)15-23)44-19-25-16-26(44)18-43(25)4/h6-8,11,14-15,17,22,24-26H,5,9-10,12-13,16,18-19H2,1-4H3,(H,40,46)(H,39,41,42)/t22?,24?,25-,26-/m0/s1. The number of benzene rings is 2. The van der Waals surface area contributed by atoms with Gasteiger partial charge in [-0.3, -0.25) is 19.1 Å². The first-order chi connectivity index (χ1) is 22.6. The number of carbonyl (C=O) groups excluding carboxylic acids is 1. The molecule has 9 nitrogen and oxygen atoms in total. The number of rotatable bonds is 7. The number of amides is 1. The van der Waals surface area contributed by atoms with E-state index < -0.39 is 5.82 Å². The monoisotopic (exact) mass is 657 g/mol. The molecule has 47 heavy (non-hydrogen) atoms. The van der Waals surface area contributed by atoms with E-state index in [0.717, 1.165) is 31.6 Å². The van der Waals surface area contributed by atoms with Crippen LogP contribution in [0.4, 0.5) is 21.7 Å². The lowest BCUT2D eigenvalue weighted by molar-refractivity contribution is -0.121. The molecule has 3 fully saturated rings. The Labute approximate surface area is 279 Å². The van der Waals surface area contributed by atoms with E-state index in [9.17, 15) is 14.0 Å². The number of fused-ring (bicyclic) bond motifs is 3. The molecule has 2 N–H and O–H groups in total. The molecule has 0 unspecified atom stereocenters. The molecule has 4 heterocycles. The highest BCUT2D eigenvalue weighted by Gasteiger charge is 2.41. The second-order valence-electron chi connectivity index (χ2n) is 13.4. The molecule has 2 aromatic carbocycles. The van der Waals surface area contributed by atoms with Crippen molar-refractivity contribution in [1.82, 2.24) is 24.8 Å². The summed E-state index contributed by atoms with van der Waals surface area (Å²) in [7, 11) is 2.21. The van der Waals surface area contributed by atoms with Crippen LogP contribution in [0, 0.1) is 19.7 Å². The van der Waals surface area contributed by atoms with Crippen molar-refractivity contribution in [3.63, 3.8) is 0 Å². The predicted molar refractivity (Wildman–Crippen MR) is 185 cm³/mol. The zero-order valence-electron chi connectivity index (χ0n) is 27.3. The Hall–Kier alpha value is -4.02. The first-order valence-electron chi connectivity index (χ1n) is 16.6. The number of carbonyl (C=O) groups is 1. The summed E-state index contributed by atoms with van der Waals surface area (Å²) >= 11 is 6.44. The van der Waals surface area contributed by atoms with E-state index in [4.69, 9.17) is 16.6 Å². The quantitative estimate of drug-likeness (QED) is 0.234.